The van der Waals surface area contributed by atoms with Crippen molar-refractivity contribution in [1.29, 1.82) is 0 Å². The van der Waals surface area contributed by atoms with Crippen molar-refractivity contribution in [1.82, 2.24) is 10.2 Å². The molecule has 3 nitrogen and oxygen atoms in total. The van der Waals surface area contributed by atoms with E-state index in [1.54, 1.807) is 0 Å². The minimum Gasteiger partial charge on any atom is -0.348 e. The van der Waals surface area contributed by atoms with Crippen molar-refractivity contribution in [2.75, 3.05) is 19.6 Å². The van der Waals surface area contributed by atoms with Crippen molar-refractivity contribution in [2.24, 2.45) is 0 Å². The molecule has 1 aromatic carbocycles. The monoisotopic (exact) mass is 268 g/mol. The molecule has 1 N–H and O–H groups in total. The summed E-state index contributed by atoms with van der Waals surface area (Å²) in [6, 6.07) is 7.55. The van der Waals surface area contributed by atoms with Crippen LogP contribution in [-0.4, -0.2) is 30.4 Å². The Hall–Kier alpha value is -1.06. The first-order chi connectivity index (χ1) is 8.56. The number of hydrogen-bond acceptors (Lipinski definition) is 2. The molecule has 0 spiro atoms. The van der Waals surface area contributed by atoms with E-state index in [-0.39, 0.29) is 11.9 Å². The summed E-state index contributed by atoms with van der Waals surface area (Å²) in [5.41, 5.74) is 1.02. The van der Waals surface area contributed by atoms with E-state index >= 15 is 0 Å². The summed E-state index contributed by atoms with van der Waals surface area (Å²) in [5.74, 6) is 0.0474. The largest absolute Gasteiger partial charge is 0.348 e. The molecule has 1 rings (SSSR count). The summed E-state index contributed by atoms with van der Waals surface area (Å²) >= 11 is 5.93. The van der Waals surface area contributed by atoms with Crippen LogP contribution in [0.1, 0.15) is 32.4 Å². The highest BCUT2D eigenvalue weighted by Crippen LogP contribution is 2.17. The second-order valence-corrected chi connectivity index (χ2v) is 4.74. The van der Waals surface area contributed by atoms with E-state index in [1.807, 2.05) is 31.2 Å². The Morgan fingerprint density at radius 2 is 2.06 bits per heavy atom. The Bertz CT molecular complexity index is 391. The van der Waals surface area contributed by atoms with E-state index in [9.17, 15) is 4.79 Å². The third-order valence-electron chi connectivity index (χ3n) is 2.99. The average molecular weight is 269 g/mol. The number of halogens is 1. The molecular weight excluding hydrogens is 248 g/mol. The molecule has 0 heterocycles. The van der Waals surface area contributed by atoms with Gasteiger partial charge in [0.25, 0.3) is 0 Å². The second kappa shape index (κ2) is 7.39. The molecule has 100 valence electrons. The van der Waals surface area contributed by atoms with Crippen LogP contribution >= 0.6 is 11.6 Å². The summed E-state index contributed by atoms with van der Waals surface area (Å²) in [5, 5.41) is 3.68. The first-order valence-corrected chi connectivity index (χ1v) is 6.71. The van der Waals surface area contributed by atoms with Gasteiger partial charge in [-0.15, -0.1) is 0 Å². The molecule has 0 aliphatic rings. The third-order valence-corrected chi connectivity index (χ3v) is 3.22. The lowest BCUT2D eigenvalue weighted by atomic mass is 10.1. The maximum atomic E-state index is 11.9. The van der Waals surface area contributed by atoms with Crippen LogP contribution < -0.4 is 5.32 Å². The predicted molar refractivity (Wildman–Crippen MR) is 75.8 cm³/mol. The van der Waals surface area contributed by atoms with Gasteiger partial charge in [0.1, 0.15) is 0 Å². The molecule has 0 aliphatic carbocycles. The number of carbonyl (C=O) groups excluding carboxylic acids is 1. The zero-order chi connectivity index (χ0) is 13.5. The van der Waals surface area contributed by atoms with Gasteiger partial charge in [0.2, 0.25) is 5.91 Å². The van der Waals surface area contributed by atoms with Gasteiger partial charge in [0.15, 0.2) is 0 Å². The summed E-state index contributed by atoms with van der Waals surface area (Å²) in [7, 11) is 0. The van der Waals surface area contributed by atoms with Crippen molar-refractivity contribution in [2.45, 2.75) is 26.8 Å². The molecule has 4 heteroatoms. The average Bonchev–Trinajstić information content (AvgIpc) is 2.35. The van der Waals surface area contributed by atoms with Crippen molar-refractivity contribution in [3.63, 3.8) is 0 Å². The molecule has 0 aliphatic heterocycles. The molecular formula is C14H21ClN2O. The Morgan fingerprint density at radius 1 is 1.39 bits per heavy atom. The fourth-order valence-corrected chi connectivity index (χ4v) is 2.00. The summed E-state index contributed by atoms with van der Waals surface area (Å²) in [4.78, 5) is 13.9. The van der Waals surface area contributed by atoms with Crippen LogP contribution in [0.2, 0.25) is 5.02 Å². The highest BCUT2D eigenvalue weighted by Gasteiger charge is 2.12. The fraction of sp³-hybridized carbons (Fsp3) is 0.500. The first kappa shape index (κ1) is 15.0. The first-order valence-electron chi connectivity index (χ1n) is 6.34. The van der Waals surface area contributed by atoms with Gasteiger partial charge >= 0.3 is 0 Å². The summed E-state index contributed by atoms with van der Waals surface area (Å²) < 4.78 is 0. The predicted octanol–water partition coefficient (Wildman–Crippen LogP) is 2.86. The van der Waals surface area contributed by atoms with Crippen LogP contribution in [0, 0.1) is 0 Å². The van der Waals surface area contributed by atoms with Crippen LogP contribution in [0.15, 0.2) is 24.3 Å². The number of carbonyl (C=O) groups is 1. The normalized spacial score (nSPS) is 12.5. The third kappa shape index (κ3) is 4.67. The minimum absolute atomic E-state index is 0.0215. The van der Waals surface area contributed by atoms with Crippen molar-refractivity contribution in [3.8, 4) is 0 Å². The Kier molecular flexibility index (Phi) is 6.16. The zero-order valence-electron chi connectivity index (χ0n) is 11.2. The number of benzene rings is 1. The summed E-state index contributed by atoms with van der Waals surface area (Å²) in [6.45, 7) is 8.28. The molecule has 0 radical (unpaired) electrons. The number of amides is 1. The molecule has 1 atom stereocenters. The maximum Gasteiger partial charge on any atom is 0.234 e. The number of likely N-dealkylation sites (N-methyl/N-ethyl adjacent to an activating group) is 1. The van der Waals surface area contributed by atoms with Crippen LogP contribution in [0.3, 0.4) is 0 Å². The van der Waals surface area contributed by atoms with Crippen LogP contribution in [0.4, 0.5) is 0 Å². The van der Waals surface area contributed by atoms with Gasteiger partial charge in [0, 0.05) is 5.02 Å². The molecule has 1 unspecified atom stereocenters. The smallest absolute Gasteiger partial charge is 0.234 e. The Labute approximate surface area is 114 Å². The van der Waals surface area contributed by atoms with Gasteiger partial charge in [-0.25, -0.2) is 0 Å². The number of nitrogens with one attached hydrogen (secondary N) is 1. The topological polar surface area (TPSA) is 32.3 Å². The Morgan fingerprint density at radius 3 is 2.61 bits per heavy atom. The number of rotatable bonds is 6. The van der Waals surface area contributed by atoms with Gasteiger partial charge in [-0.1, -0.05) is 37.6 Å². The fourth-order valence-electron chi connectivity index (χ4n) is 1.80. The zero-order valence-corrected chi connectivity index (χ0v) is 12.0. The van der Waals surface area contributed by atoms with Crippen LogP contribution in [-0.2, 0) is 4.79 Å². The lowest BCUT2D eigenvalue weighted by Crippen LogP contribution is -2.38. The molecule has 0 aromatic heterocycles. The molecule has 0 saturated carbocycles. The second-order valence-electron chi connectivity index (χ2n) is 4.31. The molecule has 1 aromatic rings. The lowest BCUT2D eigenvalue weighted by Gasteiger charge is -2.20. The molecule has 0 fully saturated rings. The highest BCUT2D eigenvalue weighted by atomic mass is 35.5. The lowest BCUT2D eigenvalue weighted by molar-refractivity contribution is -0.122. The number of hydrogen-bond donors (Lipinski definition) is 1. The Balaban J connectivity index is 2.54. The van der Waals surface area contributed by atoms with E-state index in [0.29, 0.717) is 11.6 Å². The van der Waals surface area contributed by atoms with Gasteiger partial charge in [-0.2, -0.15) is 0 Å². The van der Waals surface area contributed by atoms with Crippen molar-refractivity contribution >= 4 is 17.5 Å². The van der Waals surface area contributed by atoms with Crippen LogP contribution in [0.5, 0.6) is 0 Å². The molecule has 18 heavy (non-hydrogen) atoms. The SMILES string of the molecule is CCN(CC)CC(=O)NC(C)c1cccc(Cl)c1. The molecule has 0 bridgehead atoms. The molecule has 1 amide bonds. The van der Waals surface area contributed by atoms with Gasteiger partial charge < -0.3 is 5.32 Å². The van der Waals surface area contributed by atoms with E-state index < -0.39 is 0 Å². The van der Waals surface area contributed by atoms with Crippen molar-refractivity contribution in [3.05, 3.63) is 34.9 Å². The van der Waals surface area contributed by atoms with E-state index in [2.05, 4.69) is 24.1 Å². The number of nitrogens with zero attached hydrogens (tertiary/aromatic N) is 1. The van der Waals surface area contributed by atoms with Gasteiger partial charge in [0.05, 0.1) is 12.6 Å². The van der Waals surface area contributed by atoms with Gasteiger partial charge in [-0.05, 0) is 37.7 Å². The minimum atomic E-state index is -0.0215. The van der Waals surface area contributed by atoms with E-state index in [4.69, 9.17) is 11.6 Å². The maximum absolute atomic E-state index is 11.9. The van der Waals surface area contributed by atoms with Crippen LogP contribution in [0.25, 0.3) is 0 Å². The molecule has 0 saturated heterocycles. The van der Waals surface area contributed by atoms with E-state index in [1.165, 1.54) is 0 Å². The van der Waals surface area contributed by atoms with Gasteiger partial charge in [-0.3, -0.25) is 9.69 Å². The van der Waals surface area contributed by atoms with E-state index in [0.717, 1.165) is 18.7 Å². The highest BCUT2D eigenvalue weighted by molar-refractivity contribution is 6.30. The van der Waals surface area contributed by atoms with Crippen molar-refractivity contribution < 1.29 is 4.79 Å². The summed E-state index contributed by atoms with van der Waals surface area (Å²) in [6.07, 6.45) is 0. The standard InChI is InChI=1S/C14H21ClN2O/c1-4-17(5-2)10-14(18)16-11(3)12-7-6-8-13(15)9-12/h6-9,11H,4-5,10H2,1-3H3,(H,16,18). The quantitative estimate of drug-likeness (QED) is 0.860.